The van der Waals surface area contributed by atoms with Crippen LogP contribution >= 0.6 is 0 Å². The zero-order valence-electron chi connectivity index (χ0n) is 13.1. The smallest absolute Gasteiger partial charge is 0.0512 e. The summed E-state index contributed by atoms with van der Waals surface area (Å²) in [6, 6.07) is 11.1. The summed E-state index contributed by atoms with van der Waals surface area (Å²) in [5, 5.41) is 3.63. The second-order valence-electron chi connectivity index (χ2n) is 6.76. The summed E-state index contributed by atoms with van der Waals surface area (Å²) in [6.45, 7) is 6.26. The van der Waals surface area contributed by atoms with Crippen molar-refractivity contribution in [3.8, 4) is 0 Å². The Bertz CT molecular complexity index is 452. The monoisotopic (exact) mass is 293 g/mol. The zero-order valence-corrected chi connectivity index (χ0v) is 13.9. The Morgan fingerprint density at radius 2 is 1.80 bits per heavy atom. The van der Waals surface area contributed by atoms with Crippen LogP contribution < -0.4 is 5.32 Å². The van der Waals surface area contributed by atoms with E-state index in [1.54, 1.807) is 0 Å². The van der Waals surface area contributed by atoms with Gasteiger partial charge in [-0.05, 0) is 58.6 Å². The lowest BCUT2D eigenvalue weighted by Gasteiger charge is -2.38. The quantitative estimate of drug-likeness (QED) is 0.924. The first kappa shape index (κ1) is 15.7. The van der Waals surface area contributed by atoms with E-state index in [2.05, 4.69) is 56.4 Å². The predicted molar refractivity (Wildman–Crippen MR) is 87.6 cm³/mol. The third-order valence-electron chi connectivity index (χ3n) is 4.31. The third kappa shape index (κ3) is 3.50. The Labute approximate surface area is 125 Å². The van der Waals surface area contributed by atoms with Crippen molar-refractivity contribution < 1.29 is 4.21 Å². The minimum atomic E-state index is -0.811. The van der Waals surface area contributed by atoms with E-state index in [-0.39, 0.29) is 10.00 Å². The summed E-state index contributed by atoms with van der Waals surface area (Å²) in [5.74, 6) is 0.553. The van der Waals surface area contributed by atoms with E-state index < -0.39 is 10.8 Å². The van der Waals surface area contributed by atoms with E-state index in [1.165, 1.54) is 12.0 Å². The lowest BCUT2D eigenvalue weighted by atomic mass is 9.81. The molecule has 0 saturated heterocycles. The van der Waals surface area contributed by atoms with Crippen molar-refractivity contribution in [3.63, 3.8) is 0 Å². The fourth-order valence-electron chi connectivity index (χ4n) is 3.18. The molecule has 2 rings (SSSR count). The predicted octanol–water partition coefficient (Wildman–Crippen LogP) is 3.46. The molecule has 0 aromatic heterocycles. The number of benzene rings is 1. The lowest BCUT2D eigenvalue weighted by Crippen LogP contribution is -2.48. The average Bonchev–Trinajstić information content (AvgIpc) is 2.45. The fraction of sp³-hybridized carbons (Fsp3) is 0.647. The molecule has 0 heterocycles. The highest BCUT2D eigenvalue weighted by Crippen LogP contribution is 2.37. The molecule has 0 aliphatic heterocycles. The van der Waals surface area contributed by atoms with Gasteiger partial charge < -0.3 is 5.32 Å². The van der Waals surface area contributed by atoms with E-state index in [0.29, 0.717) is 12.0 Å². The molecule has 0 amide bonds. The average molecular weight is 293 g/mol. The highest BCUT2D eigenvalue weighted by Gasteiger charge is 2.38. The van der Waals surface area contributed by atoms with Gasteiger partial charge in [0.2, 0.25) is 0 Å². The first-order valence-corrected chi connectivity index (χ1v) is 8.77. The summed E-state index contributed by atoms with van der Waals surface area (Å²) < 4.78 is 12.7. The van der Waals surface area contributed by atoms with Gasteiger partial charge in [-0.1, -0.05) is 30.3 Å². The number of rotatable bonds is 3. The van der Waals surface area contributed by atoms with Crippen molar-refractivity contribution in [2.45, 2.75) is 62.0 Å². The van der Waals surface area contributed by atoms with Gasteiger partial charge in [-0.25, -0.2) is 0 Å². The van der Waals surface area contributed by atoms with Crippen LogP contribution in [0.15, 0.2) is 30.3 Å². The van der Waals surface area contributed by atoms with Crippen LogP contribution in [0.2, 0.25) is 0 Å². The van der Waals surface area contributed by atoms with Crippen LogP contribution in [0.1, 0.15) is 51.5 Å². The van der Waals surface area contributed by atoms with E-state index >= 15 is 0 Å². The van der Waals surface area contributed by atoms with Crippen molar-refractivity contribution in [1.29, 1.82) is 0 Å². The molecule has 1 saturated carbocycles. The summed E-state index contributed by atoms with van der Waals surface area (Å²) >= 11 is 0. The van der Waals surface area contributed by atoms with Gasteiger partial charge >= 0.3 is 0 Å². The van der Waals surface area contributed by atoms with Crippen LogP contribution in [0.4, 0.5) is 0 Å². The normalized spacial score (nSPS) is 29.1. The minimum Gasteiger partial charge on any atom is -0.316 e. The molecule has 4 atom stereocenters. The van der Waals surface area contributed by atoms with Crippen LogP contribution in [0, 0.1) is 0 Å². The van der Waals surface area contributed by atoms with Gasteiger partial charge in [0.15, 0.2) is 0 Å². The molecule has 1 aliphatic carbocycles. The molecule has 1 aromatic rings. The van der Waals surface area contributed by atoms with Gasteiger partial charge in [-0.2, -0.15) is 0 Å². The molecule has 1 fully saturated rings. The number of nitrogens with one attached hydrogen (secondary N) is 1. The Hall–Kier alpha value is -0.670. The van der Waals surface area contributed by atoms with E-state index in [4.69, 9.17) is 0 Å². The Kier molecular flexibility index (Phi) is 5.03. The first-order chi connectivity index (χ1) is 9.43. The van der Waals surface area contributed by atoms with Crippen LogP contribution in [-0.4, -0.2) is 27.3 Å². The molecule has 0 bridgehead atoms. The Morgan fingerprint density at radius 3 is 2.35 bits per heavy atom. The van der Waals surface area contributed by atoms with Crippen LogP contribution in [0.5, 0.6) is 0 Å². The molecule has 1 aromatic carbocycles. The highest BCUT2D eigenvalue weighted by atomic mass is 32.2. The maximum Gasteiger partial charge on any atom is 0.0512 e. The third-order valence-corrected chi connectivity index (χ3v) is 6.59. The van der Waals surface area contributed by atoms with Crippen LogP contribution in [-0.2, 0) is 10.8 Å². The molecular weight excluding hydrogens is 266 g/mol. The molecule has 2 nitrogen and oxygen atoms in total. The molecule has 3 heteroatoms. The van der Waals surface area contributed by atoms with Gasteiger partial charge in [0.05, 0.1) is 5.25 Å². The minimum absolute atomic E-state index is 0.141. The standard InChI is InChI=1S/C17H27NOS/c1-17(2,3)20(19)16-12-14(10-11-15(16)18-4)13-8-6-5-7-9-13/h5-9,14-16,18H,10-12H2,1-4H3. The second kappa shape index (κ2) is 6.40. The maximum absolute atomic E-state index is 12.8. The molecule has 1 N–H and O–H groups in total. The Morgan fingerprint density at radius 1 is 1.15 bits per heavy atom. The lowest BCUT2D eigenvalue weighted by molar-refractivity contribution is 0.361. The van der Waals surface area contributed by atoms with Crippen molar-refractivity contribution in [1.82, 2.24) is 5.32 Å². The molecule has 0 spiro atoms. The van der Waals surface area contributed by atoms with Crippen LogP contribution in [0.3, 0.4) is 0 Å². The van der Waals surface area contributed by atoms with E-state index in [9.17, 15) is 4.21 Å². The second-order valence-corrected chi connectivity index (χ2v) is 9.19. The molecule has 1 aliphatic rings. The molecular formula is C17H27NOS. The Balaban J connectivity index is 2.18. The van der Waals surface area contributed by atoms with Crippen molar-refractivity contribution in [2.75, 3.05) is 7.05 Å². The molecule has 4 unspecified atom stereocenters. The van der Waals surface area contributed by atoms with Crippen LogP contribution in [0.25, 0.3) is 0 Å². The summed E-state index contributed by atoms with van der Waals surface area (Å²) in [6.07, 6.45) is 3.33. The summed E-state index contributed by atoms with van der Waals surface area (Å²) in [4.78, 5) is 0. The summed E-state index contributed by atoms with van der Waals surface area (Å²) in [7, 11) is 1.19. The van der Waals surface area contributed by atoms with Crippen molar-refractivity contribution in [2.24, 2.45) is 0 Å². The van der Waals surface area contributed by atoms with Gasteiger partial charge in [-0.15, -0.1) is 0 Å². The first-order valence-electron chi connectivity index (χ1n) is 7.56. The van der Waals surface area contributed by atoms with Crippen molar-refractivity contribution in [3.05, 3.63) is 35.9 Å². The van der Waals surface area contributed by atoms with Gasteiger partial charge in [0.1, 0.15) is 0 Å². The zero-order chi connectivity index (χ0) is 14.8. The van der Waals surface area contributed by atoms with Gasteiger partial charge in [0, 0.05) is 21.6 Å². The van der Waals surface area contributed by atoms with E-state index in [0.717, 1.165) is 12.8 Å². The topological polar surface area (TPSA) is 29.1 Å². The largest absolute Gasteiger partial charge is 0.316 e. The maximum atomic E-state index is 12.8. The number of hydrogen-bond acceptors (Lipinski definition) is 2. The number of hydrogen-bond donors (Lipinski definition) is 1. The highest BCUT2D eigenvalue weighted by molar-refractivity contribution is 7.87. The summed E-state index contributed by atoms with van der Waals surface area (Å²) in [5.41, 5.74) is 1.40. The van der Waals surface area contributed by atoms with Crippen molar-refractivity contribution >= 4 is 10.8 Å². The SMILES string of the molecule is CNC1CCC(c2ccccc2)CC1S(=O)C(C)(C)C. The molecule has 20 heavy (non-hydrogen) atoms. The van der Waals surface area contributed by atoms with Gasteiger partial charge in [-0.3, -0.25) is 4.21 Å². The molecule has 0 radical (unpaired) electrons. The fourth-order valence-corrected chi connectivity index (χ4v) is 5.06. The van der Waals surface area contributed by atoms with Gasteiger partial charge in [0.25, 0.3) is 0 Å². The van der Waals surface area contributed by atoms with E-state index in [1.807, 2.05) is 7.05 Å². The molecule has 112 valence electrons.